The number of ketones is 1. The molecule has 0 spiro atoms. The van der Waals surface area contributed by atoms with Gasteiger partial charge in [0.05, 0.1) is 10.7 Å². The highest BCUT2D eigenvalue weighted by Crippen LogP contribution is 2.45. The van der Waals surface area contributed by atoms with Crippen molar-refractivity contribution in [1.82, 2.24) is 9.88 Å². The molecule has 8 heteroatoms. The fourth-order valence-corrected chi connectivity index (χ4v) is 6.00. The van der Waals surface area contributed by atoms with Gasteiger partial charge in [-0.1, -0.05) is 29.8 Å². The molecule has 148 valence electrons. The third-order valence-corrected chi connectivity index (χ3v) is 7.95. The predicted molar refractivity (Wildman–Crippen MR) is 121 cm³/mol. The first-order valence-electron chi connectivity index (χ1n) is 8.81. The van der Waals surface area contributed by atoms with Gasteiger partial charge >= 0.3 is 0 Å². The van der Waals surface area contributed by atoms with E-state index < -0.39 is 10.8 Å². The van der Waals surface area contributed by atoms with Crippen LogP contribution in [0.3, 0.4) is 0 Å². The lowest BCUT2D eigenvalue weighted by Gasteiger charge is -2.46. The third-order valence-electron chi connectivity index (χ3n) is 5.07. The molecule has 0 aliphatic carbocycles. The SMILES string of the molecule is CN1C(=O)C(Sc2ccccc2Cl)C(=O)CC1(c1ccsc1)c1cccc(Br)n1. The summed E-state index contributed by atoms with van der Waals surface area (Å²) in [5.74, 6) is -0.384. The van der Waals surface area contributed by atoms with Crippen molar-refractivity contribution < 1.29 is 9.59 Å². The Bertz CT molecular complexity index is 1080. The quantitative estimate of drug-likeness (QED) is 0.351. The van der Waals surface area contributed by atoms with Crippen LogP contribution < -0.4 is 0 Å². The summed E-state index contributed by atoms with van der Waals surface area (Å²) in [6, 6.07) is 14.8. The minimum absolute atomic E-state index is 0.133. The minimum atomic E-state index is -0.935. The Kier molecular flexibility index (Phi) is 5.84. The summed E-state index contributed by atoms with van der Waals surface area (Å²) >= 11 is 12.4. The Morgan fingerprint density at radius 2 is 2.00 bits per heavy atom. The Balaban J connectivity index is 1.77. The molecule has 0 radical (unpaired) electrons. The largest absolute Gasteiger partial charge is 0.328 e. The van der Waals surface area contributed by atoms with Crippen molar-refractivity contribution in [2.45, 2.75) is 22.1 Å². The molecule has 29 heavy (non-hydrogen) atoms. The number of pyridine rings is 1. The van der Waals surface area contributed by atoms with Crippen LogP contribution >= 0.6 is 50.6 Å². The van der Waals surface area contributed by atoms with Crippen molar-refractivity contribution in [1.29, 1.82) is 0 Å². The van der Waals surface area contributed by atoms with Crippen molar-refractivity contribution in [3.05, 3.63) is 80.2 Å². The van der Waals surface area contributed by atoms with Crippen LogP contribution in [0.25, 0.3) is 0 Å². The molecule has 3 aromatic rings. The van der Waals surface area contributed by atoms with Crippen LogP contribution in [0, 0.1) is 0 Å². The van der Waals surface area contributed by atoms with Crippen molar-refractivity contribution in [3.63, 3.8) is 0 Å². The maximum atomic E-state index is 13.4. The summed E-state index contributed by atoms with van der Waals surface area (Å²) in [6.45, 7) is 0. The second-order valence-corrected chi connectivity index (χ2v) is 9.83. The molecule has 2 atom stereocenters. The van der Waals surface area contributed by atoms with Gasteiger partial charge in [0.15, 0.2) is 5.78 Å². The molecule has 1 aromatic carbocycles. The standard InChI is InChI=1S/C21H16BrClN2O2S2/c1-25-20(27)19(29-16-6-3-2-5-14(16)23)15(26)11-21(25,13-9-10-28-12-13)17-7-4-8-18(22)24-17/h2-10,12,19H,11H2,1H3. The van der Waals surface area contributed by atoms with Crippen LogP contribution in [-0.2, 0) is 15.1 Å². The average Bonchev–Trinajstić information content (AvgIpc) is 3.24. The Morgan fingerprint density at radius 3 is 2.69 bits per heavy atom. The van der Waals surface area contributed by atoms with Gasteiger partial charge in [-0.2, -0.15) is 11.3 Å². The zero-order valence-corrected chi connectivity index (χ0v) is 19.3. The predicted octanol–water partition coefficient (Wildman–Crippen LogP) is 5.39. The molecule has 2 unspecified atom stereocenters. The van der Waals surface area contributed by atoms with E-state index in [1.54, 1.807) is 18.0 Å². The van der Waals surface area contributed by atoms with E-state index in [0.29, 0.717) is 15.3 Å². The smallest absolute Gasteiger partial charge is 0.244 e. The Morgan fingerprint density at radius 1 is 1.21 bits per heavy atom. The zero-order chi connectivity index (χ0) is 20.6. The van der Waals surface area contributed by atoms with E-state index in [-0.39, 0.29) is 18.1 Å². The van der Waals surface area contributed by atoms with Crippen molar-refractivity contribution in [2.75, 3.05) is 7.05 Å². The first-order chi connectivity index (χ1) is 13.9. The molecule has 1 amide bonds. The lowest BCUT2D eigenvalue weighted by atomic mass is 9.78. The van der Waals surface area contributed by atoms with Crippen LogP contribution in [0.4, 0.5) is 0 Å². The van der Waals surface area contributed by atoms with Crippen LogP contribution in [0.5, 0.6) is 0 Å². The van der Waals surface area contributed by atoms with Gasteiger partial charge in [0.25, 0.3) is 0 Å². The van der Waals surface area contributed by atoms with Gasteiger partial charge < -0.3 is 4.90 Å². The Labute approximate surface area is 190 Å². The van der Waals surface area contributed by atoms with Crippen LogP contribution in [0.1, 0.15) is 17.7 Å². The topological polar surface area (TPSA) is 50.3 Å². The number of nitrogens with zero attached hydrogens (tertiary/aromatic N) is 2. The van der Waals surface area contributed by atoms with Crippen LogP contribution in [0.2, 0.25) is 5.02 Å². The van der Waals surface area contributed by atoms with E-state index in [0.717, 1.165) is 10.5 Å². The second kappa shape index (κ2) is 8.22. The van der Waals surface area contributed by atoms with Gasteiger partial charge in [0.2, 0.25) is 5.91 Å². The van der Waals surface area contributed by atoms with E-state index in [2.05, 4.69) is 20.9 Å². The molecule has 0 N–H and O–H groups in total. The lowest BCUT2D eigenvalue weighted by Crippen LogP contribution is -2.58. The summed E-state index contributed by atoms with van der Waals surface area (Å²) in [6.07, 6.45) is 0.150. The highest BCUT2D eigenvalue weighted by Gasteiger charge is 2.52. The normalized spacial score (nSPS) is 22.2. The number of rotatable bonds is 4. The highest BCUT2D eigenvalue weighted by atomic mass is 79.9. The number of amides is 1. The fourth-order valence-electron chi connectivity index (χ4n) is 3.59. The maximum absolute atomic E-state index is 13.4. The van der Waals surface area contributed by atoms with E-state index in [9.17, 15) is 9.59 Å². The van der Waals surface area contributed by atoms with E-state index >= 15 is 0 Å². The molecule has 3 heterocycles. The second-order valence-electron chi connectivity index (χ2n) is 6.69. The highest BCUT2D eigenvalue weighted by molar-refractivity contribution is 9.10. The van der Waals surface area contributed by atoms with Crippen LogP contribution in [-0.4, -0.2) is 33.9 Å². The first kappa shape index (κ1) is 20.6. The van der Waals surface area contributed by atoms with E-state index in [1.165, 1.54) is 23.1 Å². The molecule has 4 rings (SSSR count). The molecule has 0 bridgehead atoms. The number of hydrogen-bond acceptors (Lipinski definition) is 5. The van der Waals surface area contributed by atoms with Gasteiger partial charge in [0.1, 0.15) is 15.4 Å². The number of benzene rings is 1. The molecule has 1 fully saturated rings. The number of carbonyl (C=O) groups excluding carboxylic acids is 2. The fraction of sp³-hybridized carbons (Fsp3) is 0.190. The van der Waals surface area contributed by atoms with Gasteiger partial charge in [-0.05, 0) is 62.6 Å². The molecule has 1 aliphatic rings. The van der Waals surface area contributed by atoms with Crippen molar-refractivity contribution >= 4 is 62.3 Å². The third kappa shape index (κ3) is 3.65. The molecule has 1 saturated heterocycles. The number of aromatic nitrogens is 1. The monoisotopic (exact) mass is 506 g/mol. The molecule has 1 aliphatic heterocycles. The molecular weight excluding hydrogens is 492 g/mol. The summed E-state index contributed by atoms with van der Waals surface area (Å²) in [4.78, 5) is 33.7. The first-order valence-corrected chi connectivity index (χ1v) is 11.8. The number of halogens is 2. The zero-order valence-electron chi connectivity index (χ0n) is 15.3. The van der Waals surface area contributed by atoms with Gasteiger partial charge in [0, 0.05) is 18.4 Å². The summed E-state index contributed by atoms with van der Waals surface area (Å²) in [5.41, 5.74) is 0.615. The van der Waals surface area contributed by atoms with E-state index in [4.69, 9.17) is 11.6 Å². The Hall–Kier alpha value is -1.67. The maximum Gasteiger partial charge on any atom is 0.244 e. The van der Waals surface area contributed by atoms with Crippen molar-refractivity contribution in [3.8, 4) is 0 Å². The minimum Gasteiger partial charge on any atom is -0.328 e. The molecule has 2 aromatic heterocycles. The van der Waals surface area contributed by atoms with Crippen molar-refractivity contribution in [2.24, 2.45) is 0 Å². The van der Waals surface area contributed by atoms with E-state index in [1.807, 2.05) is 53.2 Å². The van der Waals surface area contributed by atoms with Crippen LogP contribution in [0.15, 0.2) is 68.8 Å². The number of thiophene rings is 1. The number of hydrogen-bond donors (Lipinski definition) is 0. The average molecular weight is 508 g/mol. The molecule has 4 nitrogen and oxygen atoms in total. The summed E-state index contributed by atoms with van der Waals surface area (Å²) in [5, 5.41) is 3.62. The van der Waals surface area contributed by atoms with Gasteiger partial charge in [-0.15, -0.1) is 11.8 Å². The van der Waals surface area contributed by atoms with Gasteiger partial charge in [-0.3, -0.25) is 9.59 Å². The number of thioether (sulfide) groups is 1. The number of carbonyl (C=O) groups is 2. The number of likely N-dealkylation sites (tertiary alicyclic amines) is 1. The lowest BCUT2D eigenvalue weighted by molar-refractivity contribution is -0.144. The molecule has 0 saturated carbocycles. The summed E-state index contributed by atoms with van der Waals surface area (Å²) in [7, 11) is 1.75. The summed E-state index contributed by atoms with van der Waals surface area (Å²) < 4.78 is 0.658. The molecular formula is C21H16BrClN2O2S2. The number of piperidine rings is 1. The number of Topliss-reactive ketones (excluding diaryl/α,β-unsaturated/α-hetero) is 1. The van der Waals surface area contributed by atoms with Gasteiger partial charge in [-0.25, -0.2) is 4.98 Å².